The number of likely N-dealkylation sites (N-methyl/N-ethyl adjacent to an activating group) is 1. The highest BCUT2D eigenvalue weighted by Crippen LogP contribution is 2.29. The molecule has 0 saturated carbocycles. The van der Waals surface area contributed by atoms with Crippen molar-refractivity contribution in [1.82, 2.24) is 10.2 Å². The molecule has 9 heteroatoms. The molecule has 0 bridgehead atoms. The van der Waals surface area contributed by atoms with Crippen LogP contribution >= 0.6 is 0 Å². The van der Waals surface area contributed by atoms with Crippen LogP contribution in [0.25, 0.3) is 0 Å². The van der Waals surface area contributed by atoms with Crippen LogP contribution in [0.3, 0.4) is 0 Å². The smallest absolute Gasteiger partial charge is 0.408 e. The van der Waals surface area contributed by atoms with Crippen molar-refractivity contribution >= 4 is 29.5 Å². The third-order valence-corrected chi connectivity index (χ3v) is 5.99. The Labute approximate surface area is 230 Å². The third-order valence-electron chi connectivity index (χ3n) is 5.99. The maximum absolute atomic E-state index is 14.0. The molecule has 0 saturated heterocycles. The quantitative estimate of drug-likeness (QED) is 0.397. The average Bonchev–Trinajstić information content (AvgIpc) is 2.85. The number of ether oxygens (including phenoxy) is 1. The number of carbonyl (C=O) groups excluding carboxylic acids is 4. The van der Waals surface area contributed by atoms with Gasteiger partial charge < -0.3 is 26.0 Å². The minimum Gasteiger partial charge on any atom is -0.444 e. The van der Waals surface area contributed by atoms with E-state index in [-0.39, 0.29) is 19.4 Å². The van der Waals surface area contributed by atoms with Crippen molar-refractivity contribution in [3.05, 3.63) is 64.7 Å². The minimum absolute atomic E-state index is 0.0774. The summed E-state index contributed by atoms with van der Waals surface area (Å²) in [6, 6.07) is 10.2. The standard InChI is InChI=1S/C30H38N4O5/c1-8-21-15-10-11-16-22(21)26(27(36)33-25-19(3)13-12-14-20(25)4)34(9-2)28(37)23(17-18-24(31)35)32-29(38)39-30(5,6)7/h1,10-16,23,26H,9,17-18H2,2-7H3,(H2,31,35)(H,32,38)(H,33,36). The van der Waals surface area contributed by atoms with E-state index in [9.17, 15) is 19.2 Å². The number of hydrogen-bond donors (Lipinski definition) is 3. The van der Waals surface area contributed by atoms with E-state index in [0.29, 0.717) is 16.8 Å². The Morgan fingerprint density at radius 1 is 1.05 bits per heavy atom. The van der Waals surface area contributed by atoms with Crippen molar-refractivity contribution in [2.45, 2.75) is 72.1 Å². The largest absolute Gasteiger partial charge is 0.444 e. The molecule has 0 aromatic heterocycles. The lowest BCUT2D eigenvalue weighted by atomic mass is 9.96. The monoisotopic (exact) mass is 534 g/mol. The van der Waals surface area contributed by atoms with E-state index in [1.165, 1.54) is 4.90 Å². The lowest BCUT2D eigenvalue weighted by Gasteiger charge is -2.34. The summed E-state index contributed by atoms with van der Waals surface area (Å²) in [4.78, 5) is 53.4. The molecule has 0 aliphatic rings. The van der Waals surface area contributed by atoms with Crippen LogP contribution in [0.4, 0.5) is 10.5 Å². The molecule has 0 aliphatic carbocycles. The van der Waals surface area contributed by atoms with Crippen LogP contribution in [0.2, 0.25) is 0 Å². The number of nitrogens with zero attached hydrogens (tertiary/aromatic N) is 1. The number of para-hydroxylation sites is 1. The first kappa shape index (κ1) is 30.9. The maximum Gasteiger partial charge on any atom is 0.408 e. The zero-order valence-corrected chi connectivity index (χ0v) is 23.5. The molecule has 39 heavy (non-hydrogen) atoms. The van der Waals surface area contributed by atoms with Crippen LogP contribution in [-0.4, -0.2) is 46.9 Å². The van der Waals surface area contributed by atoms with Gasteiger partial charge in [0.25, 0.3) is 5.91 Å². The number of anilines is 1. The van der Waals surface area contributed by atoms with Gasteiger partial charge in [-0.1, -0.05) is 42.3 Å². The summed E-state index contributed by atoms with van der Waals surface area (Å²) in [5, 5.41) is 5.52. The summed E-state index contributed by atoms with van der Waals surface area (Å²) < 4.78 is 5.33. The van der Waals surface area contributed by atoms with E-state index in [2.05, 4.69) is 16.6 Å². The Morgan fingerprint density at radius 2 is 1.67 bits per heavy atom. The van der Waals surface area contributed by atoms with Gasteiger partial charge in [-0.05, 0) is 70.7 Å². The van der Waals surface area contributed by atoms with Crippen molar-refractivity contribution in [3.8, 4) is 12.3 Å². The maximum atomic E-state index is 14.0. The number of nitrogens with one attached hydrogen (secondary N) is 2. The number of rotatable bonds is 10. The fourth-order valence-corrected chi connectivity index (χ4v) is 4.18. The molecule has 0 spiro atoms. The number of primary amides is 1. The van der Waals surface area contributed by atoms with E-state index >= 15 is 0 Å². The molecule has 2 aromatic carbocycles. The van der Waals surface area contributed by atoms with Gasteiger partial charge in [0.15, 0.2) is 0 Å². The van der Waals surface area contributed by atoms with Gasteiger partial charge in [-0.2, -0.15) is 0 Å². The topological polar surface area (TPSA) is 131 Å². The summed E-state index contributed by atoms with van der Waals surface area (Å²) in [5.41, 5.74) is 7.76. The van der Waals surface area contributed by atoms with Gasteiger partial charge in [-0.15, -0.1) is 6.42 Å². The van der Waals surface area contributed by atoms with E-state index in [1.54, 1.807) is 52.0 Å². The van der Waals surface area contributed by atoms with Crippen LogP contribution in [-0.2, 0) is 19.1 Å². The molecule has 2 aromatic rings. The van der Waals surface area contributed by atoms with Crippen LogP contribution in [0.1, 0.15) is 68.8 Å². The number of aryl methyl sites for hydroxylation is 2. The summed E-state index contributed by atoms with van der Waals surface area (Å²) in [5.74, 6) is 0.898. The molecule has 4 amide bonds. The summed E-state index contributed by atoms with van der Waals surface area (Å²) >= 11 is 0. The van der Waals surface area contributed by atoms with Crippen molar-refractivity contribution in [1.29, 1.82) is 0 Å². The van der Waals surface area contributed by atoms with Crippen LogP contribution in [0.15, 0.2) is 42.5 Å². The first-order valence-corrected chi connectivity index (χ1v) is 12.8. The Kier molecular flexibility index (Phi) is 10.7. The van der Waals surface area contributed by atoms with Gasteiger partial charge in [0.1, 0.15) is 17.7 Å². The zero-order valence-electron chi connectivity index (χ0n) is 23.5. The zero-order chi connectivity index (χ0) is 29.3. The molecule has 208 valence electrons. The van der Waals surface area contributed by atoms with Crippen molar-refractivity contribution in [3.63, 3.8) is 0 Å². The summed E-state index contributed by atoms with van der Waals surface area (Å²) in [6.07, 6.45) is 4.69. The molecule has 0 radical (unpaired) electrons. The van der Waals surface area contributed by atoms with Crippen molar-refractivity contribution < 1.29 is 23.9 Å². The highest BCUT2D eigenvalue weighted by molar-refractivity contribution is 6.00. The fraction of sp³-hybridized carbons (Fsp3) is 0.400. The number of nitrogens with two attached hydrogens (primary N) is 1. The number of carbonyl (C=O) groups is 4. The molecule has 2 unspecified atom stereocenters. The van der Waals surface area contributed by atoms with E-state index in [1.807, 2.05) is 32.0 Å². The molecular formula is C30H38N4O5. The summed E-state index contributed by atoms with van der Waals surface area (Å²) in [7, 11) is 0. The highest BCUT2D eigenvalue weighted by Gasteiger charge is 2.36. The molecule has 9 nitrogen and oxygen atoms in total. The molecular weight excluding hydrogens is 496 g/mol. The number of hydrogen-bond acceptors (Lipinski definition) is 5. The SMILES string of the molecule is C#Cc1ccccc1C(C(=O)Nc1c(C)cccc1C)N(CC)C(=O)C(CCC(N)=O)NC(=O)OC(C)(C)C. The van der Waals surface area contributed by atoms with Gasteiger partial charge in [0.2, 0.25) is 11.8 Å². The molecule has 4 N–H and O–H groups in total. The highest BCUT2D eigenvalue weighted by atomic mass is 16.6. The Morgan fingerprint density at radius 3 is 2.21 bits per heavy atom. The number of terminal acetylenes is 1. The van der Waals surface area contributed by atoms with Gasteiger partial charge in [-0.3, -0.25) is 14.4 Å². The number of alkyl carbamates (subject to hydrolysis) is 1. The lowest BCUT2D eigenvalue weighted by Crippen LogP contribution is -2.52. The second-order valence-corrected chi connectivity index (χ2v) is 10.2. The first-order valence-electron chi connectivity index (χ1n) is 12.8. The minimum atomic E-state index is -1.18. The molecule has 0 heterocycles. The normalized spacial score (nSPS) is 12.4. The molecule has 2 atom stereocenters. The lowest BCUT2D eigenvalue weighted by molar-refractivity contribution is -0.140. The second kappa shape index (κ2) is 13.5. The van der Waals surface area contributed by atoms with Gasteiger partial charge in [-0.25, -0.2) is 4.79 Å². The molecule has 0 aliphatic heterocycles. The molecule has 0 fully saturated rings. The molecule has 2 rings (SSSR count). The second-order valence-electron chi connectivity index (χ2n) is 10.2. The average molecular weight is 535 g/mol. The Bertz CT molecular complexity index is 1240. The van der Waals surface area contributed by atoms with E-state index < -0.39 is 41.5 Å². The number of benzene rings is 2. The first-order chi connectivity index (χ1) is 18.3. The predicted octanol–water partition coefficient (Wildman–Crippen LogP) is 3.97. The van der Waals surface area contributed by atoms with Gasteiger partial charge >= 0.3 is 6.09 Å². The summed E-state index contributed by atoms with van der Waals surface area (Å²) in [6.45, 7) is 10.6. The Hall–Kier alpha value is -4.32. The fourth-order valence-electron chi connectivity index (χ4n) is 4.18. The van der Waals surface area contributed by atoms with E-state index in [0.717, 1.165) is 11.1 Å². The third kappa shape index (κ3) is 8.60. The van der Waals surface area contributed by atoms with E-state index in [4.69, 9.17) is 16.9 Å². The predicted molar refractivity (Wildman–Crippen MR) is 151 cm³/mol. The van der Waals surface area contributed by atoms with Crippen LogP contribution < -0.4 is 16.4 Å². The van der Waals surface area contributed by atoms with Gasteiger partial charge in [0, 0.05) is 24.2 Å². The van der Waals surface area contributed by atoms with Crippen molar-refractivity contribution in [2.24, 2.45) is 5.73 Å². The Balaban J connectivity index is 2.56. The number of amides is 4. The van der Waals surface area contributed by atoms with Gasteiger partial charge in [0.05, 0.1) is 0 Å². The van der Waals surface area contributed by atoms with Crippen molar-refractivity contribution in [2.75, 3.05) is 11.9 Å². The van der Waals surface area contributed by atoms with Crippen LogP contribution in [0.5, 0.6) is 0 Å². The van der Waals surface area contributed by atoms with Crippen LogP contribution in [0, 0.1) is 26.2 Å².